The van der Waals surface area contributed by atoms with E-state index >= 15 is 0 Å². The predicted molar refractivity (Wildman–Crippen MR) is 91.5 cm³/mol. The first-order chi connectivity index (χ1) is 11.7. The van der Waals surface area contributed by atoms with Crippen LogP contribution in [0.25, 0.3) is 22.0 Å². The number of aromatic amines is 1. The maximum absolute atomic E-state index is 12.6. The highest BCUT2D eigenvalue weighted by atomic mass is 32.2. The summed E-state index contributed by atoms with van der Waals surface area (Å²) in [7, 11) is 0.248. The van der Waals surface area contributed by atoms with Crippen LogP contribution in [-0.4, -0.2) is 26.3 Å². The highest BCUT2D eigenvalue weighted by molar-refractivity contribution is 7.84. The van der Waals surface area contributed by atoms with Gasteiger partial charge < -0.3 is 14.1 Å². The Bertz CT molecular complexity index is 1070. The lowest BCUT2D eigenvalue weighted by molar-refractivity contribution is 0.419. The third-order valence-corrected chi connectivity index (χ3v) is 5.06. The lowest BCUT2D eigenvalue weighted by Crippen LogP contribution is -2.00. The lowest BCUT2D eigenvalue weighted by atomic mass is 10.2. The number of benzene rings is 1. The van der Waals surface area contributed by atoms with Crippen molar-refractivity contribution in [3.8, 4) is 5.75 Å². The fourth-order valence-corrected chi connectivity index (χ4v) is 3.60. The number of nitrogens with zero attached hydrogens (tertiary/aromatic N) is 2. The summed E-state index contributed by atoms with van der Waals surface area (Å²) in [5.74, 6) is 0.912. The van der Waals surface area contributed by atoms with E-state index < -0.39 is 10.8 Å². The molecule has 122 valence electrons. The van der Waals surface area contributed by atoms with Gasteiger partial charge in [-0.3, -0.25) is 9.19 Å². The number of imidazole rings is 1. The largest absolute Gasteiger partial charge is 0.494 e. The van der Waals surface area contributed by atoms with E-state index in [0.29, 0.717) is 22.1 Å². The number of hydrogen-bond acceptors (Lipinski definition) is 5. The Morgan fingerprint density at radius 2 is 2.25 bits per heavy atom. The second-order valence-corrected chi connectivity index (χ2v) is 6.85. The summed E-state index contributed by atoms with van der Waals surface area (Å²) in [6, 6.07) is 7.39. The van der Waals surface area contributed by atoms with E-state index in [1.54, 1.807) is 19.6 Å². The van der Waals surface area contributed by atoms with E-state index in [2.05, 4.69) is 15.0 Å². The summed E-state index contributed by atoms with van der Waals surface area (Å²) in [4.78, 5) is 11.9. The van der Waals surface area contributed by atoms with E-state index in [9.17, 15) is 4.21 Å². The number of fused-ring (bicyclic) bond motifs is 2. The first-order valence-electron chi connectivity index (χ1n) is 7.39. The zero-order chi connectivity index (χ0) is 16.7. The second-order valence-electron chi connectivity index (χ2n) is 5.48. The van der Waals surface area contributed by atoms with Crippen molar-refractivity contribution in [1.82, 2.24) is 15.0 Å². The molecule has 0 fully saturated rings. The Balaban J connectivity index is 1.65. The van der Waals surface area contributed by atoms with Gasteiger partial charge in [-0.1, -0.05) is 6.07 Å². The van der Waals surface area contributed by atoms with E-state index in [4.69, 9.17) is 9.15 Å². The number of methoxy groups -OCH3 is 1. The number of para-hydroxylation sites is 1. The van der Waals surface area contributed by atoms with Crippen molar-refractivity contribution in [2.45, 2.75) is 17.8 Å². The van der Waals surface area contributed by atoms with Crippen LogP contribution in [0.3, 0.4) is 0 Å². The molecule has 1 unspecified atom stereocenters. The number of aryl methyl sites for hydroxylation is 1. The van der Waals surface area contributed by atoms with Gasteiger partial charge in [0, 0.05) is 17.6 Å². The molecule has 0 aliphatic rings. The van der Waals surface area contributed by atoms with Crippen molar-refractivity contribution in [2.75, 3.05) is 7.11 Å². The van der Waals surface area contributed by atoms with Gasteiger partial charge in [0.1, 0.15) is 16.8 Å². The van der Waals surface area contributed by atoms with Gasteiger partial charge in [-0.05, 0) is 24.6 Å². The van der Waals surface area contributed by atoms with Crippen LogP contribution < -0.4 is 4.74 Å². The molecule has 3 aromatic heterocycles. The van der Waals surface area contributed by atoms with Gasteiger partial charge in [0.05, 0.1) is 41.1 Å². The van der Waals surface area contributed by atoms with Gasteiger partial charge in [0.2, 0.25) is 0 Å². The maximum atomic E-state index is 12.6. The van der Waals surface area contributed by atoms with E-state index in [-0.39, 0.29) is 5.75 Å². The fraction of sp³-hybridized carbons (Fsp3) is 0.176. The Hall–Kier alpha value is -2.67. The molecule has 1 aromatic carbocycles. The van der Waals surface area contributed by atoms with Gasteiger partial charge in [0.25, 0.3) is 0 Å². The Morgan fingerprint density at radius 1 is 1.38 bits per heavy atom. The smallest absolute Gasteiger partial charge is 0.197 e. The first kappa shape index (κ1) is 14.9. The number of furan rings is 1. The molecular weight excluding hydrogens is 326 g/mol. The second kappa shape index (κ2) is 5.76. The summed E-state index contributed by atoms with van der Waals surface area (Å²) >= 11 is 0. The van der Waals surface area contributed by atoms with Crippen molar-refractivity contribution in [3.63, 3.8) is 0 Å². The molecule has 4 rings (SSSR count). The molecule has 24 heavy (non-hydrogen) atoms. The maximum Gasteiger partial charge on any atom is 0.197 e. The van der Waals surface area contributed by atoms with Crippen LogP contribution in [0.2, 0.25) is 0 Å². The van der Waals surface area contributed by atoms with Crippen molar-refractivity contribution in [2.24, 2.45) is 0 Å². The molecule has 1 atom stereocenters. The highest BCUT2D eigenvalue weighted by Crippen LogP contribution is 2.25. The molecule has 6 nitrogen and oxygen atoms in total. The lowest BCUT2D eigenvalue weighted by Gasteiger charge is -1.99. The molecule has 1 N–H and O–H groups in total. The van der Waals surface area contributed by atoms with Crippen molar-refractivity contribution >= 4 is 32.8 Å². The molecule has 0 aliphatic carbocycles. The van der Waals surface area contributed by atoms with E-state index in [0.717, 1.165) is 22.0 Å². The number of pyridine rings is 1. The summed E-state index contributed by atoms with van der Waals surface area (Å²) < 4.78 is 23.4. The van der Waals surface area contributed by atoms with Crippen LogP contribution >= 0.6 is 0 Å². The van der Waals surface area contributed by atoms with Gasteiger partial charge in [-0.15, -0.1) is 0 Å². The van der Waals surface area contributed by atoms with Crippen molar-refractivity contribution in [3.05, 3.63) is 48.0 Å². The van der Waals surface area contributed by atoms with E-state index in [1.165, 1.54) is 0 Å². The molecule has 7 heteroatoms. The predicted octanol–water partition coefficient (Wildman–Crippen LogP) is 3.33. The standard InChI is InChI=1S/C17H15N3O3S/c1-10-8-23-15-6-11(18-7-12(10)15)9-24(21)17-19-13-4-3-5-14(22-2)16(13)20-17/h3-8H,9H2,1-2H3,(H,19,20). The molecule has 0 radical (unpaired) electrons. The topological polar surface area (TPSA) is 81.0 Å². The molecule has 0 bridgehead atoms. The Morgan fingerprint density at radius 3 is 3.08 bits per heavy atom. The van der Waals surface area contributed by atoms with Crippen LogP contribution in [-0.2, 0) is 16.6 Å². The van der Waals surface area contributed by atoms with Crippen LogP contribution in [0.1, 0.15) is 11.3 Å². The zero-order valence-electron chi connectivity index (χ0n) is 13.2. The Labute approximate surface area is 140 Å². The third kappa shape index (κ3) is 2.46. The monoisotopic (exact) mass is 341 g/mol. The first-order valence-corrected chi connectivity index (χ1v) is 8.71. The summed E-state index contributed by atoms with van der Waals surface area (Å²) in [5.41, 5.74) is 3.95. The molecule has 4 aromatic rings. The minimum atomic E-state index is -1.34. The van der Waals surface area contributed by atoms with E-state index in [1.807, 2.05) is 31.2 Å². The number of ether oxygens (including phenoxy) is 1. The fourth-order valence-electron chi connectivity index (χ4n) is 2.62. The number of rotatable bonds is 4. The number of H-pyrrole nitrogens is 1. The molecule has 0 saturated carbocycles. The molecule has 0 saturated heterocycles. The van der Waals surface area contributed by atoms with Crippen LogP contribution in [0.5, 0.6) is 5.75 Å². The number of nitrogens with one attached hydrogen (secondary N) is 1. The highest BCUT2D eigenvalue weighted by Gasteiger charge is 2.14. The Kier molecular flexibility index (Phi) is 3.57. The van der Waals surface area contributed by atoms with Gasteiger partial charge in [-0.25, -0.2) is 4.98 Å². The molecule has 0 amide bonds. The summed E-state index contributed by atoms with van der Waals surface area (Å²) in [6.45, 7) is 1.97. The molecule has 3 heterocycles. The average Bonchev–Trinajstić information content (AvgIpc) is 3.18. The summed E-state index contributed by atoms with van der Waals surface area (Å²) in [5, 5.41) is 1.38. The number of aromatic nitrogens is 3. The third-order valence-electron chi connectivity index (χ3n) is 3.88. The minimum Gasteiger partial charge on any atom is -0.494 e. The SMILES string of the molecule is COc1cccc2[nH]c(S(=O)Cc3cc4occ(C)c4cn3)nc12. The quantitative estimate of drug-likeness (QED) is 0.616. The summed E-state index contributed by atoms with van der Waals surface area (Å²) in [6.07, 6.45) is 3.45. The van der Waals surface area contributed by atoms with Crippen molar-refractivity contribution < 1.29 is 13.4 Å². The molecule has 0 spiro atoms. The molecule has 0 aliphatic heterocycles. The van der Waals surface area contributed by atoms with Gasteiger partial charge in [0.15, 0.2) is 5.16 Å². The normalized spacial score (nSPS) is 12.8. The van der Waals surface area contributed by atoms with Gasteiger partial charge >= 0.3 is 0 Å². The minimum absolute atomic E-state index is 0.262. The van der Waals surface area contributed by atoms with Crippen LogP contribution in [0.15, 0.2) is 46.3 Å². The zero-order valence-corrected chi connectivity index (χ0v) is 14.0. The molecular formula is C17H15N3O3S. The average molecular weight is 341 g/mol. The van der Waals surface area contributed by atoms with Crippen LogP contribution in [0.4, 0.5) is 0 Å². The van der Waals surface area contributed by atoms with Crippen LogP contribution in [0, 0.1) is 6.92 Å². The number of hydrogen-bond donors (Lipinski definition) is 1. The van der Waals surface area contributed by atoms with Gasteiger partial charge in [-0.2, -0.15) is 0 Å². The van der Waals surface area contributed by atoms with Crippen molar-refractivity contribution in [1.29, 1.82) is 0 Å².